The van der Waals surface area contributed by atoms with Gasteiger partial charge >= 0.3 is 0 Å². The van der Waals surface area contributed by atoms with Crippen molar-refractivity contribution in [1.29, 1.82) is 0 Å². The molecule has 1 saturated heterocycles. The molecule has 0 aromatic carbocycles. The molecule has 0 aromatic heterocycles. The molecule has 0 aliphatic carbocycles. The summed E-state index contributed by atoms with van der Waals surface area (Å²) in [4.78, 5) is 10.5. The highest BCUT2D eigenvalue weighted by molar-refractivity contribution is 7.99. The quantitative estimate of drug-likeness (QED) is 0.620. The van der Waals surface area contributed by atoms with Gasteiger partial charge in [0.1, 0.15) is 0 Å². The van der Waals surface area contributed by atoms with Gasteiger partial charge in [-0.3, -0.25) is 4.79 Å². The number of carbonyl (C=O) groups excluding carboxylic acids is 1. The van der Waals surface area contributed by atoms with Crippen molar-refractivity contribution in [3.8, 4) is 0 Å². The summed E-state index contributed by atoms with van der Waals surface area (Å²) >= 11 is 2.00. The number of rotatable bonds is 4. The molecule has 0 unspecified atom stereocenters. The van der Waals surface area contributed by atoms with Crippen LogP contribution in [0.25, 0.3) is 0 Å². The Balaban J connectivity index is 1.91. The second kappa shape index (κ2) is 5.43. The number of thioether (sulfide) groups is 1. The van der Waals surface area contributed by atoms with Crippen molar-refractivity contribution in [1.82, 2.24) is 10.6 Å². The molecule has 12 heavy (non-hydrogen) atoms. The van der Waals surface area contributed by atoms with Crippen LogP contribution in [-0.4, -0.2) is 36.5 Å². The summed E-state index contributed by atoms with van der Waals surface area (Å²) in [5, 5.41) is 6.16. The first-order valence-electron chi connectivity index (χ1n) is 4.34. The molecule has 1 heterocycles. The molecule has 0 aromatic rings. The van der Waals surface area contributed by atoms with Crippen LogP contribution in [0.5, 0.6) is 0 Å². The van der Waals surface area contributed by atoms with E-state index in [0.717, 1.165) is 13.1 Å². The SMILES string of the molecule is CC(=O)NCCN[C@@H]1CCSC1. The molecule has 3 nitrogen and oxygen atoms in total. The number of amides is 1. The first-order chi connectivity index (χ1) is 5.79. The van der Waals surface area contributed by atoms with Gasteiger partial charge in [0, 0.05) is 31.8 Å². The third-order valence-corrected chi connectivity index (χ3v) is 3.02. The van der Waals surface area contributed by atoms with Gasteiger partial charge in [-0.15, -0.1) is 0 Å². The lowest BCUT2D eigenvalue weighted by atomic mass is 10.3. The van der Waals surface area contributed by atoms with E-state index in [1.54, 1.807) is 6.92 Å². The Hall–Kier alpha value is -0.220. The van der Waals surface area contributed by atoms with Gasteiger partial charge in [-0.1, -0.05) is 0 Å². The third-order valence-electron chi connectivity index (χ3n) is 1.86. The lowest BCUT2D eigenvalue weighted by Crippen LogP contribution is -2.36. The van der Waals surface area contributed by atoms with Gasteiger partial charge in [0.25, 0.3) is 0 Å². The van der Waals surface area contributed by atoms with Gasteiger partial charge in [-0.05, 0) is 12.2 Å². The zero-order chi connectivity index (χ0) is 8.81. The van der Waals surface area contributed by atoms with Crippen molar-refractivity contribution in [3.05, 3.63) is 0 Å². The largest absolute Gasteiger partial charge is 0.355 e. The number of nitrogens with one attached hydrogen (secondary N) is 2. The minimum Gasteiger partial charge on any atom is -0.355 e. The topological polar surface area (TPSA) is 41.1 Å². The molecule has 1 aliphatic rings. The summed E-state index contributed by atoms with van der Waals surface area (Å²) in [6, 6.07) is 0.670. The maximum absolute atomic E-state index is 10.5. The van der Waals surface area contributed by atoms with Crippen LogP contribution in [-0.2, 0) is 4.79 Å². The molecule has 0 saturated carbocycles. The zero-order valence-electron chi connectivity index (χ0n) is 7.43. The minimum absolute atomic E-state index is 0.0533. The molecule has 1 amide bonds. The molecule has 1 fully saturated rings. The Labute approximate surface area is 77.7 Å². The molecule has 0 spiro atoms. The highest BCUT2D eigenvalue weighted by Gasteiger charge is 2.13. The van der Waals surface area contributed by atoms with Crippen LogP contribution in [0, 0.1) is 0 Å². The van der Waals surface area contributed by atoms with Crippen molar-refractivity contribution in [2.24, 2.45) is 0 Å². The smallest absolute Gasteiger partial charge is 0.216 e. The van der Waals surface area contributed by atoms with E-state index in [2.05, 4.69) is 10.6 Å². The standard InChI is InChI=1S/C8H16N2OS/c1-7(11)9-3-4-10-8-2-5-12-6-8/h8,10H,2-6H2,1H3,(H,9,11)/t8-/m1/s1. The molecule has 2 N–H and O–H groups in total. The lowest BCUT2D eigenvalue weighted by Gasteiger charge is -2.10. The van der Waals surface area contributed by atoms with E-state index in [0.29, 0.717) is 6.04 Å². The Bertz CT molecular complexity index is 146. The van der Waals surface area contributed by atoms with Crippen LogP contribution in [0.2, 0.25) is 0 Å². The molecule has 0 bridgehead atoms. The molecule has 4 heteroatoms. The summed E-state index contributed by atoms with van der Waals surface area (Å²) in [5.41, 5.74) is 0. The summed E-state index contributed by atoms with van der Waals surface area (Å²) in [6.45, 7) is 3.19. The van der Waals surface area contributed by atoms with E-state index in [9.17, 15) is 4.79 Å². The minimum atomic E-state index is 0.0533. The molecule has 0 radical (unpaired) electrons. The number of hydrogen-bond acceptors (Lipinski definition) is 3. The maximum atomic E-state index is 10.5. The van der Waals surface area contributed by atoms with Crippen molar-refractivity contribution in [2.75, 3.05) is 24.6 Å². The van der Waals surface area contributed by atoms with Crippen molar-refractivity contribution in [2.45, 2.75) is 19.4 Å². The van der Waals surface area contributed by atoms with Crippen LogP contribution in [0.1, 0.15) is 13.3 Å². The van der Waals surface area contributed by atoms with E-state index >= 15 is 0 Å². The molecule has 70 valence electrons. The molecule has 1 rings (SSSR count). The molecule has 1 atom stereocenters. The van der Waals surface area contributed by atoms with Crippen LogP contribution >= 0.6 is 11.8 Å². The normalized spacial score (nSPS) is 22.6. The van der Waals surface area contributed by atoms with E-state index in [-0.39, 0.29) is 5.91 Å². The summed E-state index contributed by atoms with van der Waals surface area (Å²) < 4.78 is 0. The van der Waals surface area contributed by atoms with Crippen LogP contribution < -0.4 is 10.6 Å². The van der Waals surface area contributed by atoms with E-state index in [4.69, 9.17) is 0 Å². The van der Waals surface area contributed by atoms with Crippen LogP contribution in [0.15, 0.2) is 0 Å². The highest BCUT2D eigenvalue weighted by atomic mass is 32.2. The maximum Gasteiger partial charge on any atom is 0.216 e. The summed E-state index contributed by atoms with van der Waals surface area (Å²) in [7, 11) is 0. The van der Waals surface area contributed by atoms with E-state index in [1.165, 1.54) is 17.9 Å². The fraction of sp³-hybridized carbons (Fsp3) is 0.875. The fourth-order valence-corrected chi connectivity index (χ4v) is 2.40. The van der Waals surface area contributed by atoms with Crippen molar-refractivity contribution < 1.29 is 4.79 Å². The third kappa shape index (κ3) is 3.97. The van der Waals surface area contributed by atoms with Crippen molar-refractivity contribution in [3.63, 3.8) is 0 Å². The second-order valence-corrected chi connectivity index (χ2v) is 4.15. The fourth-order valence-electron chi connectivity index (χ4n) is 1.21. The average molecular weight is 188 g/mol. The van der Waals surface area contributed by atoms with E-state index in [1.807, 2.05) is 11.8 Å². The van der Waals surface area contributed by atoms with Gasteiger partial charge in [0.2, 0.25) is 5.91 Å². The first-order valence-corrected chi connectivity index (χ1v) is 5.50. The monoisotopic (exact) mass is 188 g/mol. The lowest BCUT2D eigenvalue weighted by molar-refractivity contribution is -0.118. The average Bonchev–Trinajstić information content (AvgIpc) is 2.49. The second-order valence-electron chi connectivity index (χ2n) is 3.00. The molecular formula is C8H16N2OS. The van der Waals surface area contributed by atoms with Gasteiger partial charge in [0.05, 0.1) is 0 Å². The number of hydrogen-bond donors (Lipinski definition) is 2. The molecular weight excluding hydrogens is 172 g/mol. The van der Waals surface area contributed by atoms with Gasteiger partial charge in [-0.25, -0.2) is 0 Å². The summed E-state index contributed by atoms with van der Waals surface area (Å²) in [5.74, 6) is 2.55. The zero-order valence-corrected chi connectivity index (χ0v) is 8.25. The van der Waals surface area contributed by atoms with Crippen molar-refractivity contribution >= 4 is 17.7 Å². The highest BCUT2D eigenvalue weighted by Crippen LogP contribution is 2.16. The van der Waals surface area contributed by atoms with Crippen LogP contribution in [0.3, 0.4) is 0 Å². The van der Waals surface area contributed by atoms with Gasteiger partial charge in [0.15, 0.2) is 0 Å². The Morgan fingerprint density at radius 3 is 3.00 bits per heavy atom. The Morgan fingerprint density at radius 1 is 1.58 bits per heavy atom. The molecule has 1 aliphatic heterocycles. The summed E-state index contributed by atoms with van der Waals surface area (Å²) in [6.07, 6.45) is 1.27. The number of carbonyl (C=O) groups is 1. The Morgan fingerprint density at radius 2 is 2.42 bits per heavy atom. The Kier molecular flexibility index (Phi) is 4.46. The predicted molar refractivity (Wildman–Crippen MR) is 52.4 cm³/mol. The van der Waals surface area contributed by atoms with Gasteiger partial charge in [-0.2, -0.15) is 11.8 Å². The van der Waals surface area contributed by atoms with E-state index < -0.39 is 0 Å². The predicted octanol–water partition coefficient (Wildman–Crippen LogP) is 0.218. The first kappa shape index (κ1) is 9.86. The van der Waals surface area contributed by atoms with Gasteiger partial charge < -0.3 is 10.6 Å². The van der Waals surface area contributed by atoms with Crippen LogP contribution in [0.4, 0.5) is 0 Å².